The van der Waals surface area contributed by atoms with E-state index in [-0.39, 0.29) is 11.3 Å². The number of nitrogens with one attached hydrogen (secondary N) is 1. The van der Waals surface area contributed by atoms with Crippen molar-refractivity contribution in [3.8, 4) is 5.75 Å². The average Bonchev–Trinajstić information content (AvgIpc) is 2.45. The molecule has 0 amide bonds. The van der Waals surface area contributed by atoms with Gasteiger partial charge in [-0.15, -0.1) is 0 Å². The van der Waals surface area contributed by atoms with Gasteiger partial charge in [-0.3, -0.25) is 5.41 Å². The van der Waals surface area contributed by atoms with Gasteiger partial charge in [0, 0.05) is 11.1 Å². The van der Waals surface area contributed by atoms with Gasteiger partial charge in [0.1, 0.15) is 11.6 Å². The first-order chi connectivity index (χ1) is 10.1. The molecule has 0 aromatic heterocycles. The van der Waals surface area contributed by atoms with Gasteiger partial charge in [-0.25, -0.2) is 0 Å². The molecule has 0 heterocycles. The standard InChI is InChI=1S/C18H24N2O/c1-21-16-3-2-14(17(19)20)7-15(16)18-8-11-4-12(9-18)6-13(5-11)10-18/h2-3,7,11-13H,4-6,8-10H2,1H3,(H3,19,20). The van der Waals surface area contributed by atoms with Gasteiger partial charge < -0.3 is 10.5 Å². The van der Waals surface area contributed by atoms with E-state index in [4.69, 9.17) is 15.9 Å². The fourth-order valence-electron chi connectivity index (χ4n) is 5.73. The molecular weight excluding hydrogens is 260 g/mol. The van der Waals surface area contributed by atoms with Crippen LogP contribution in [0.25, 0.3) is 0 Å². The lowest BCUT2D eigenvalue weighted by Crippen LogP contribution is -2.48. The molecule has 3 nitrogen and oxygen atoms in total. The predicted octanol–water partition coefficient (Wildman–Crippen LogP) is 3.45. The smallest absolute Gasteiger partial charge is 0.122 e. The molecule has 1 aromatic carbocycles. The molecule has 0 radical (unpaired) electrons. The fourth-order valence-corrected chi connectivity index (χ4v) is 5.73. The Labute approximate surface area is 126 Å². The number of benzene rings is 1. The van der Waals surface area contributed by atoms with Crippen LogP contribution in [0, 0.1) is 23.2 Å². The normalized spacial score (nSPS) is 36.7. The van der Waals surface area contributed by atoms with Gasteiger partial charge in [-0.1, -0.05) is 0 Å². The summed E-state index contributed by atoms with van der Waals surface area (Å²) in [6.45, 7) is 0. The van der Waals surface area contributed by atoms with Crippen molar-refractivity contribution < 1.29 is 4.74 Å². The molecule has 0 atom stereocenters. The minimum atomic E-state index is 0.156. The Morgan fingerprint density at radius 3 is 2.19 bits per heavy atom. The van der Waals surface area contributed by atoms with Gasteiger partial charge in [0.15, 0.2) is 0 Å². The molecule has 4 saturated carbocycles. The highest BCUT2D eigenvalue weighted by Gasteiger charge is 2.52. The Bertz CT molecular complexity index is 558. The van der Waals surface area contributed by atoms with Crippen molar-refractivity contribution in [3.05, 3.63) is 29.3 Å². The molecule has 4 aliphatic rings. The average molecular weight is 284 g/mol. The number of hydrogen-bond acceptors (Lipinski definition) is 2. The number of nitrogens with two attached hydrogens (primary N) is 1. The maximum absolute atomic E-state index is 7.73. The van der Waals surface area contributed by atoms with E-state index in [1.54, 1.807) is 7.11 Å². The molecule has 0 unspecified atom stereocenters. The third kappa shape index (κ3) is 1.97. The van der Waals surface area contributed by atoms with E-state index in [9.17, 15) is 0 Å². The van der Waals surface area contributed by atoms with Crippen molar-refractivity contribution in [2.75, 3.05) is 7.11 Å². The van der Waals surface area contributed by atoms with Crippen LogP contribution in [0.4, 0.5) is 0 Å². The van der Waals surface area contributed by atoms with Crippen LogP contribution in [-0.2, 0) is 5.41 Å². The molecule has 3 heteroatoms. The van der Waals surface area contributed by atoms with E-state index in [2.05, 4.69) is 6.07 Å². The number of methoxy groups -OCH3 is 1. The summed E-state index contributed by atoms with van der Waals surface area (Å²) in [6, 6.07) is 6.05. The van der Waals surface area contributed by atoms with Crippen LogP contribution in [0.2, 0.25) is 0 Å². The zero-order chi connectivity index (χ0) is 14.6. The maximum Gasteiger partial charge on any atom is 0.122 e. The zero-order valence-corrected chi connectivity index (χ0v) is 12.7. The molecule has 4 aliphatic carbocycles. The van der Waals surface area contributed by atoms with Gasteiger partial charge in [0.25, 0.3) is 0 Å². The number of rotatable bonds is 3. The Hall–Kier alpha value is -1.51. The third-order valence-corrected chi connectivity index (χ3v) is 6.12. The molecule has 4 bridgehead atoms. The summed E-state index contributed by atoms with van der Waals surface area (Å²) in [7, 11) is 1.76. The van der Waals surface area contributed by atoms with E-state index in [1.807, 2.05) is 12.1 Å². The topological polar surface area (TPSA) is 59.1 Å². The summed E-state index contributed by atoms with van der Waals surface area (Å²) < 4.78 is 5.66. The molecule has 5 rings (SSSR count). The van der Waals surface area contributed by atoms with E-state index >= 15 is 0 Å². The van der Waals surface area contributed by atoms with Crippen LogP contribution in [0.3, 0.4) is 0 Å². The largest absolute Gasteiger partial charge is 0.496 e. The molecule has 3 N–H and O–H groups in total. The molecule has 0 spiro atoms. The Morgan fingerprint density at radius 1 is 1.14 bits per heavy atom. The number of amidine groups is 1. The molecule has 1 aromatic rings. The van der Waals surface area contributed by atoms with Crippen molar-refractivity contribution >= 4 is 5.84 Å². The Kier molecular flexibility index (Phi) is 2.82. The summed E-state index contributed by atoms with van der Waals surface area (Å²) in [5, 5.41) is 7.73. The minimum Gasteiger partial charge on any atom is -0.496 e. The second-order valence-corrected chi connectivity index (χ2v) is 7.53. The second kappa shape index (κ2) is 4.49. The Balaban J connectivity index is 1.81. The second-order valence-electron chi connectivity index (χ2n) is 7.53. The number of ether oxygens (including phenoxy) is 1. The highest BCUT2D eigenvalue weighted by molar-refractivity contribution is 5.95. The summed E-state index contributed by atoms with van der Waals surface area (Å²) in [4.78, 5) is 0. The summed E-state index contributed by atoms with van der Waals surface area (Å²) in [5.41, 5.74) is 8.14. The van der Waals surface area contributed by atoms with Crippen molar-refractivity contribution in [3.63, 3.8) is 0 Å². The maximum atomic E-state index is 7.73. The van der Waals surface area contributed by atoms with Crippen molar-refractivity contribution in [2.24, 2.45) is 23.5 Å². The van der Waals surface area contributed by atoms with E-state index in [1.165, 1.54) is 44.1 Å². The third-order valence-electron chi connectivity index (χ3n) is 6.12. The predicted molar refractivity (Wildman–Crippen MR) is 83.9 cm³/mol. The van der Waals surface area contributed by atoms with Gasteiger partial charge in [-0.2, -0.15) is 0 Å². The van der Waals surface area contributed by atoms with E-state index in [0.717, 1.165) is 29.1 Å². The lowest BCUT2D eigenvalue weighted by atomic mass is 9.48. The van der Waals surface area contributed by atoms with Crippen LogP contribution in [-0.4, -0.2) is 12.9 Å². The lowest BCUT2D eigenvalue weighted by Gasteiger charge is -2.57. The lowest BCUT2D eigenvalue weighted by molar-refractivity contribution is -0.00616. The molecular formula is C18H24N2O. The highest BCUT2D eigenvalue weighted by atomic mass is 16.5. The fraction of sp³-hybridized carbons (Fsp3) is 0.611. The van der Waals surface area contributed by atoms with Gasteiger partial charge in [0.05, 0.1) is 7.11 Å². The zero-order valence-electron chi connectivity index (χ0n) is 12.7. The first-order valence-corrected chi connectivity index (χ1v) is 8.12. The molecule has 112 valence electrons. The van der Waals surface area contributed by atoms with E-state index < -0.39 is 0 Å². The van der Waals surface area contributed by atoms with Crippen LogP contribution < -0.4 is 10.5 Å². The molecule has 0 aliphatic heterocycles. The number of nitrogen functional groups attached to an aromatic ring is 1. The first kappa shape index (κ1) is 13.2. The van der Waals surface area contributed by atoms with E-state index in [0.29, 0.717) is 0 Å². The van der Waals surface area contributed by atoms with Crippen LogP contribution in [0.1, 0.15) is 49.7 Å². The van der Waals surface area contributed by atoms with Gasteiger partial charge in [-0.05, 0) is 79.9 Å². The highest BCUT2D eigenvalue weighted by Crippen LogP contribution is 2.61. The summed E-state index contributed by atoms with van der Waals surface area (Å²) in [6.07, 6.45) is 8.22. The first-order valence-electron chi connectivity index (χ1n) is 8.12. The summed E-state index contributed by atoms with van der Waals surface area (Å²) >= 11 is 0. The number of hydrogen-bond donors (Lipinski definition) is 2. The molecule has 4 fully saturated rings. The molecule has 0 saturated heterocycles. The summed E-state index contributed by atoms with van der Waals surface area (Å²) in [5.74, 6) is 3.86. The van der Waals surface area contributed by atoms with Crippen LogP contribution in [0.5, 0.6) is 5.75 Å². The minimum absolute atomic E-state index is 0.156. The SMILES string of the molecule is COc1ccc(C(=N)N)cc1C12CC3CC(CC(C3)C1)C2. The van der Waals surface area contributed by atoms with Crippen LogP contribution >= 0.6 is 0 Å². The Morgan fingerprint density at radius 2 is 1.71 bits per heavy atom. The van der Waals surface area contributed by atoms with Crippen LogP contribution in [0.15, 0.2) is 18.2 Å². The van der Waals surface area contributed by atoms with Crippen molar-refractivity contribution in [1.29, 1.82) is 5.41 Å². The van der Waals surface area contributed by atoms with Crippen molar-refractivity contribution in [1.82, 2.24) is 0 Å². The monoisotopic (exact) mass is 284 g/mol. The quantitative estimate of drug-likeness (QED) is 0.659. The van der Waals surface area contributed by atoms with Gasteiger partial charge >= 0.3 is 0 Å². The van der Waals surface area contributed by atoms with Gasteiger partial charge in [0.2, 0.25) is 0 Å². The molecule has 21 heavy (non-hydrogen) atoms. The van der Waals surface area contributed by atoms with Crippen molar-refractivity contribution in [2.45, 2.75) is 43.9 Å².